The van der Waals surface area contributed by atoms with Gasteiger partial charge in [0.05, 0.1) is 28.2 Å². The molecule has 0 saturated heterocycles. The maximum Gasteiger partial charge on any atom is 0.287 e. The molecule has 0 spiro atoms. The predicted molar refractivity (Wildman–Crippen MR) is 190 cm³/mol. The highest BCUT2D eigenvalue weighted by atomic mass is 16.7. The van der Waals surface area contributed by atoms with Crippen molar-refractivity contribution in [1.82, 2.24) is 29.1 Å². The molecule has 1 aliphatic heterocycles. The number of benzene rings is 4. The average molecular weight is 638 g/mol. The van der Waals surface area contributed by atoms with E-state index in [0.717, 1.165) is 61.3 Å². The molecule has 9 heteroatoms. The topological polar surface area (TPSA) is 91.0 Å². The fraction of sp³-hybridized carbons (Fsp3) is 0.0750. The van der Waals surface area contributed by atoms with Crippen LogP contribution in [0.1, 0.15) is 28.4 Å². The molecular weight excluding hydrogens is 610 g/mol. The van der Waals surface area contributed by atoms with Crippen LogP contribution in [0.15, 0.2) is 134 Å². The molecule has 1 unspecified atom stereocenters. The lowest BCUT2D eigenvalue weighted by Crippen LogP contribution is -2.38. The Balaban J connectivity index is 1.34. The zero-order valence-corrected chi connectivity index (χ0v) is 26.1. The molecule has 0 saturated carbocycles. The summed E-state index contributed by atoms with van der Waals surface area (Å²) in [6.45, 7) is 0.128. The molecule has 4 aromatic carbocycles. The maximum absolute atomic E-state index is 15.1. The second-order valence-corrected chi connectivity index (χ2v) is 12.2. The molecule has 0 radical (unpaired) electrons. The molecular formula is C40H27N7O2. The molecule has 1 aliphatic carbocycles. The van der Waals surface area contributed by atoms with E-state index >= 15 is 4.79 Å². The van der Waals surface area contributed by atoms with Gasteiger partial charge < -0.3 is 9.13 Å². The minimum Gasteiger partial charge on any atom is -0.332 e. The summed E-state index contributed by atoms with van der Waals surface area (Å²) in [5.74, 6) is 0.118. The zero-order chi connectivity index (χ0) is 32.5. The number of amides is 1. The van der Waals surface area contributed by atoms with Gasteiger partial charge in [0.25, 0.3) is 11.9 Å². The molecule has 49 heavy (non-hydrogen) atoms. The van der Waals surface area contributed by atoms with E-state index in [2.05, 4.69) is 114 Å². The van der Waals surface area contributed by atoms with Gasteiger partial charge in [0.1, 0.15) is 18.6 Å². The number of carbonyl (C=O) groups excluding carboxylic acids is 1. The molecule has 1 amide bonds. The maximum atomic E-state index is 15.1. The van der Waals surface area contributed by atoms with Crippen molar-refractivity contribution >= 4 is 55.5 Å². The highest BCUT2D eigenvalue weighted by molar-refractivity contribution is 6.33. The molecule has 0 N–H and O–H groups in total. The number of fused-ring (bicyclic) bond motifs is 10. The van der Waals surface area contributed by atoms with Crippen LogP contribution in [0, 0.1) is 0 Å². The Morgan fingerprint density at radius 1 is 0.735 bits per heavy atom. The largest absolute Gasteiger partial charge is 0.332 e. The summed E-state index contributed by atoms with van der Waals surface area (Å²) < 4.78 is 4.61. The third kappa shape index (κ3) is 4.06. The Morgan fingerprint density at radius 3 is 2.29 bits per heavy atom. The lowest BCUT2D eigenvalue weighted by atomic mass is 9.95. The highest BCUT2D eigenvalue weighted by Crippen LogP contribution is 2.48. The number of hydroxylamine groups is 1. The van der Waals surface area contributed by atoms with Crippen molar-refractivity contribution < 1.29 is 9.63 Å². The number of nitrogens with zero attached hydrogens (tertiary/aromatic N) is 7. The average Bonchev–Trinajstić information content (AvgIpc) is 3.70. The second kappa shape index (κ2) is 10.8. The second-order valence-electron chi connectivity index (χ2n) is 12.2. The van der Waals surface area contributed by atoms with Gasteiger partial charge in [-0.05, 0) is 42.8 Å². The Labute approximate surface area is 280 Å². The number of hydrogen-bond donors (Lipinski definition) is 0. The highest BCUT2D eigenvalue weighted by Gasteiger charge is 2.37. The minimum atomic E-state index is -0.337. The van der Waals surface area contributed by atoms with E-state index in [4.69, 9.17) is 4.84 Å². The zero-order valence-electron chi connectivity index (χ0n) is 26.1. The van der Waals surface area contributed by atoms with Gasteiger partial charge in [0.15, 0.2) is 5.82 Å². The smallest absolute Gasteiger partial charge is 0.287 e. The Morgan fingerprint density at radius 2 is 1.49 bits per heavy atom. The first-order valence-electron chi connectivity index (χ1n) is 16.2. The van der Waals surface area contributed by atoms with Gasteiger partial charge >= 0.3 is 0 Å². The van der Waals surface area contributed by atoms with Crippen LogP contribution >= 0.6 is 0 Å². The molecule has 0 bridgehead atoms. The van der Waals surface area contributed by atoms with Gasteiger partial charge in [-0.3, -0.25) is 14.6 Å². The molecule has 1 atom stereocenters. The van der Waals surface area contributed by atoms with Crippen LogP contribution in [0.3, 0.4) is 0 Å². The summed E-state index contributed by atoms with van der Waals surface area (Å²) in [7, 11) is 0. The van der Waals surface area contributed by atoms with E-state index in [9.17, 15) is 0 Å². The van der Waals surface area contributed by atoms with Crippen molar-refractivity contribution in [3.63, 3.8) is 0 Å². The van der Waals surface area contributed by atoms with Crippen LogP contribution in [-0.2, 0) is 11.4 Å². The van der Waals surface area contributed by atoms with Gasteiger partial charge in [-0.25, -0.2) is 4.98 Å². The molecule has 0 fully saturated rings. The fourth-order valence-corrected chi connectivity index (χ4v) is 7.56. The first-order chi connectivity index (χ1) is 24.3. The van der Waals surface area contributed by atoms with Gasteiger partial charge in [-0.1, -0.05) is 85.0 Å². The normalized spacial score (nSPS) is 16.0. The number of anilines is 1. The first-order valence-corrected chi connectivity index (χ1v) is 16.2. The minimum absolute atomic E-state index is 0.00783. The summed E-state index contributed by atoms with van der Waals surface area (Å²) in [4.78, 5) is 39.3. The number of allylic oxidation sites excluding steroid dienone is 4. The van der Waals surface area contributed by atoms with Crippen molar-refractivity contribution in [3.8, 4) is 17.2 Å². The number of carbonyl (C=O) groups is 1. The molecule has 2 aliphatic rings. The van der Waals surface area contributed by atoms with Crippen LogP contribution in [0.5, 0.6) is 0 Å². The monoisotopic (exact) mass is 637 g/mol. The summed E-state index contributed by atoms with van der Waals surface area (Å²) in [6, 6.07) is 32.8. The van der Waals surface area contributed by atoms with Crippen LogP contribution in [-0.4, -0.2) is 35.0 Å². The van der Waals surface area contributed by atoms with Gasteiger partial charge in [0.2, 0.25) is 0 Å². The van der Waals surface area contributed by atoms with E-state index in [0.29, 0.717) is 17.1 Å². The van der Waals surface area contributed by atoms with Crippen molar-refractivity contribution in [3.05, 3.63) is 145 Å². The summed E-state index contributed by atoms with van der Waals surface area (Å²) in [6.07, 6.45) is 12.4. The lowest BCUT2D eigenvalue weighted by Gasteiger charge is -2.29. The molecule has 5 heterocycles. The predicted octanol–water partition coefficient (Wildman–Crippen LogP) is 8.29. The van der Waals surface area contributed by atoms with Crippen molar-refractivity contribution in [2.45, 2.75) is 19.1 Å². The molecule has 8 aromatic rings. The summed E-state index contributed by atoms with van der Waals surface area (Å²) in [5.41, 5.74) is 6.93. The first kappa shape index (κ1) is 27.6. The van der Waals surface area contributed by atoms with Crippen LogP contribution < -0.4 is 5.06 Å². The summed E-state index contributed by atoms with van der Waals surface area (Å²) >= 11 is 0. The third-order valence-electron chi connectivity index (χ3n) is 9.53. The van der Waals surface area contributed by atoms with Gasteiger partial charge in [-0.15, -0.1) is 5.06 Å². The Hall–Kier alpha value is -6.45. The number of pyridine rings is 1. The van der Waals surface area contributed by atoms with E-state index in [-0.39, 0.29) is 24.5 Å². The Bertz CT molecular complexity index is 2680. The lowest BCUT2D eigenvalue weighted by molar-refractivity contribution is 0.0519. The standard InChI is InChI=1S/C40H27N7O2/c48-39-35-29(23-49-47(39)40-43-24-42-38(44-40)30-19-11-12-22-41-30)36-33(27-17-7-9-20-31(27)45(36)25-13-3-1-4-14-25)34-28-18-8-10-21-32(28)46(37(34)35)26-15-5-2-6-16-26/h1-15,17-22,24,26H,16,23H2. The number of para-hydroxylation sites is 3. The van der Waals surface area contributed by atoms with Gasteiger partial charge in [0, 0.05) is 44.5 Å². The van der Waals surface area contributed by atoms with E-state index in [1.165, 1.54) is 11.4 Å². The van der Waals surface area contributed by atoms with E-state index in [1.807, 2.05) is 36.4 Å². The third-order valence-corrected chi connectivity index (χ3v) is 9.53. The van der Waals surface area contributed by atoms with Crippen molar-refractivity contribution in [1.29, 1.82) is 0 Å². The van der Waals surface area contributed by atoms with Crippen molar-refractivity contribution in [2.24, 2.45) is 0 Å². The quantitative estimate of drug-likeness (QED) is 0.193. The number of hydrogen-bond acceptors (Lipinski definition) is 6. The molecule has 234 valence electrons. The number of rotatable bonds is 4. The number of aromatic nitrogens is 6. The van der Waals surface area contributed by atoms with E-state index in [1.54, 1.807) is 6.20 Å². The van der Waals surface area contributed by atoms with Gasteiger partial charge in [-0.2, -0.15) is 9.97 Å². The Kier molecular flexibility index (Phi) is 6.09. The molecule has 9 nitrogen and oxygen atoms in total. The molecule has 10 rings (SSSR count). The fourth-order valence-electron chi connectivity index (χ4n) is 7.56. The SMILES string of the molecule is O=C1c2c(c3c(c4ccccc4n3-c3ccccc3)c3c4ccccc4n(C4C=CC=CC4)c23)CON1c1ncnc(-c2ccccn2)n1. The van der Waals surface area contributed by atoms with E-state index < -0.39 is 0 Å². The van der Waals surface area contributed by atoms with Crippen molar-refractivity contribution in [2.75, 3.05) is 5.06 Å². The van der Waals surface area contributed by atoms with Crippen LogP contribution in [0.25, 0.3) is 60.8 Å². The summed E-state index contributed by atoms with van der Waals surface area (Å²) in [5, 5.41) is 5.56. The molecule has 4 aromatic heterocycles. The van der Waals surface area contributed by atoms with Crippen LogP contribution in [0.4, 0.5) is 5.95 Å². The van der Waals surface area contributed by atoms with Crippen LogP contribution in [0.2, 0.25) is 0 Å².